The highest BCUT2D eigenvalue weighted by Crippen LogP contribution is 2.40. The molecule has 5 rings (SSSR count). The van der Waals surface area contributed by atoms with Crippen LogP contribution in [0.15, 0.2) is 43.2 Å². The number of rotatable bonds is 9. The van der Waals surface area contributed by atoms with Crippen molar-refractivity contribution in [2.45, 2.75) is 37.0 Å². The second kappa shape index (κ2) is 9.43. The van der Waals surface area contributed by atoms with Gasteiger partial charge in [-0.3, -0.25) is 18.2 Å². The van der Waals surface area contributed by atoms with E-state index in [2.05, 4.69) is 15.2 Å². The van der Waals surface area contributed by atoms with E-state index in [9.17, 15) is 26.0 Å². The molecule has 1 fully saturated rings. The third-order valence-electron chi connectivity index (χ3n) is 6.63. The lowest BCUT2D eigenvalue weighted by molar-refractivity contribution is -0.0576. The first-order valence-electron chi connectivity index (χ1n) is 11.5. The number of halogens is 4. The number of alkyl halides is 4. The molecule has 0 saturated carbocycles. The summed E-state index contributed by atoms with van der Waals surface area (Å²) in [5, 5.41) is 8.62. The van der Waals surface area contributed by atoms with Gasteiger partial charge in [0.15, 0.2) is 0 Å². The van der Waals surface area contributed by atoms with Crippen LogP contribution in [0.2, 0.25) is 0 Å². The molecule has 1 aliphatic rings. The van der Waals surface area contributed by atoms with Crippen molar-refractivity contribution in [3.63, 3.8) is 0 Å². The van der Waals surface area contributed by atoms with Gasteiger partial charge in [0.1, 0.15) is 11.5 Å². The summed E-state index contributed by atoms with van der Waals surface area (Å²) < 4.78 is 86.3. The Hall–Kier alpha value is -3.37. The van der Waals surface area contributed by atoms with Crippen molar-refractivity contribution in [1.29, 1.82) is 0 Å². The molecule has 0 N–H and O–H groups in total. The molecule has 5 heterocycles. The Morgan fingerprint density at radius 1 is 1.16 bits per heavy atom. The molecule has 204 valence electrons. The average Bonchev–Trinajstić information content (AvgIpc) is 3.60. The van der Waals surface area contributed by atoms with Crippen molar-refractivity contribution in [2.75, 3.05) is 26.9 Å². The summed E-state index contributed by atoms with van der Waals surface area (Å²) in [6.07, 6.45) is 9.51. The van der Waals surface area contributed by atoms with Gasteiger partial charge in [-0.15, -0.1) is 0 Å². The number of hydrogen-bond acceptors (Lipinski definition) is 7. The molecular formula is C22H24F4N8O3S. The van der Waals surface area contributed by atoms with Crippen molar-refractivity contribution in [1.82, 2.24) is 38.2 Å². The van der Waals surface area contributed by atoms with E-state index >= 15 is 0 Å². The largest absolute Gasteiger partial charge is 0.511 e. The van der Waals surface area contributed by atoms with Crippen LogP contribution in [-0.4, -0.2) is 85.1 Å². The molecular weight excluding hydrogens is 532 g/mol. The highest BCUT2D eigenvalue weighted by molar-refractivity contribution is 7.90. The number of methoxy groups -OCH3 is 1. The molecule has 11 nitrogen and oxygen atoms in total. The number of nitrogens with zero attached hydrogens (tertiary/aromatic N) is 8. The predicted molar refractivity (Wildman–Crippen MR) is 127 cm³/mol. The normalized spacial score (nSPS) is 17.1. The van der Waals surface area contributed by atoms with Gasteiger partial charge in [-0.1, -0.05) is 0 Å². The second-order valence-electron chi connectivity index (χ2n) is 9.17. The zero-order chi connectivity index (χ0) is 27.3. The molecule has 16 heteroatoms. The highest BCUT2D eigenvalue weighted by Gasteiger charge is 2.58. The van der Waals surface area contributed by atoms with Crippen molar-refractivity contribution < 1.29 is 30.7 Å². The minimum atomic E-state index is -5.52. The van der Waals surface area contributed by atoms with E-state index in [1.807, 2.05) is 13.1 Å². The molecule has 4 aromatic heterocycles. The van der Waals surface area contributed by atoms with Crippen LogP contribution in [-0.2, 0) is 26.8 Å². The zero-order valence-corrected chi connectivity index (χ0v) is 21.2. The second-order valence-corrected chi connectivity index (χ2v) is 11.1. The Morgan fingerprint density at radius 2 is 1.89 bits per heavy atom. The average molecular weight is 557 g/mol. The maximum Gasteiger partial charge on any atom is 0.511 e. The lowest BCUT2D eigenvalue weighted by Crippen LogP contribution is -2.66. The Bertz CT molecular complexity index is 1560. The molecule has 0 unspecified atom stereocenters. The quantitative estimate of drug-likeness (QED) is 0.292. The molecule has 0 bridgehead atoms. The standard InChI is InChI=1S/C22H24F4N8O3S/c1-15(37-2)10-31-11-16(8-28-31)18-7-19-27-5-6-33(19)20(30-18)17-9-29-34(12-17)21(3-4-23)13-32(14-21)38(35,36)22(24,25)26/h5-9,11-12,15H,3-4,10,13-14H2,1-2H3/t15-/m1/s1. The van der Waals surface area contributed by atoms with Gasteiger partial charge in [0.05, 0.1) is 48.5 Å². The van der Waals surface area contributed by atoms with E-state index in [1.54, 1.807) is 40.8 Å². The van der Waals surface area contributed by atoms with Crippen LogP contribution < -0.4 is 0 Å². The van der Waals surface area contributed by atoms with Crippen LogP contribution in [0.1, 0.15) is 13.3 Å². The monoisotopic (exact) mass is 556 g/mol. The fraction of sp³-hybridized carbons (Fsp3) is 0.455. The molecule has 4 aromatic rings. The Balaban J connectivity index is 1.48. The first-order valence-corrected chi connectivity index (χ1v) is 13.0. The molecule has 1 atom stereocenters. The van der Waals surface area contributed by atoms with Crippen molar-refractivity contribution in [2.24, 2.45) is 0 Å². The number of imidazole rings is 1. The number of hydrogen-bond donors (Lipinski definition) is 0. The number of aromatic nitrogens is 7. The molecule has 1 aliphatic heterocycles. The van der Waals surface area contributed by atoms with E-state index in [0.717, 1.165) is 5.56 Å². The molecule has 1 saturated heterocycles. The fourth-order valence-electron chi connectivity index (χ4n) is 4.43. The third kappa shape index (κ3) is 4.45. The molecule has 0 spiro atoms. The maximum atomic E-state index is 13.4. The summed E-state index contributed by atoms with van der Waals surface area (Å²) in [4.78, 5) is 9.10. The number of fused-ring (bicyclic) bond motifs is 1. The predicted octanol–water partition coefficient (Wildman–Crippen LogP) is 2.71. The van der Waals surface area contributed by atoms with Crippen molar-refractivity contribution >= 4 is 15.7 Å². The minimum Gasteiger partial charge on any atom is -0.380 e. The smallest absolute Gasteiger partial charge is 0.380 e. The summed E-state index contributed by atoms with van der Waals surface area (Å²) in [6, 6.07) is 1.78. The lowest BCUT2D eigenvalue weighted by atomic mass is 9.89. The van der Waals surface area contributed by atoms with Gasteiger partial charge in [-0.25, -0.2) is 18.4 Å². The van der Waals surface area contributed by atoms with Crippen LogP contribution >= 0.6 is 0 Å². The lowest BCUT2D eigenvalue weighted by Gasteiger charge is -2.48. The van der Waals surface area contributed by atoms with Gasteiger partial charge in [-0.2, -0.15) is 27.7 Å². The zero-order valence-electron chi connectivity index (χ0n) is 20.4. The number of ether oxygens (including phenoxy) is 1. The molecule has 0 radical (unpaired) electrons. The SMILES string of the molecule is CO[C@H](C)Cn1cc(-c2cc3nccn3c(-c3cnn(C4(CCF)CN(S(=O)(=O)C(F)(F)F)C4)c3)n2)cn1. The summed E-state index contributed by atoms with van der Waals surface area (Å²) in [7, 11) is -3.90. The maximum absolute atomic E-state index is 13.4. The van der Waals surface area contributed by atoms with Gasteiger partial charge in [0.2, 0.25) is 0 Å². The molecule has 0 aliphatic carbocycles. The van der Waals surface area contributed by atoms with Crippen molar-refractivity contribution in [3.8, 4) is 22.6 Å². The molecule has 0 aromatic carbocycles. The highest BCUT2D eigenvalue weighted by atomic mass is 32.2. The van der Waals surface area contributed by atoms with E-state index < -0.39 is 40.8 Å². The Labute approximate surface area is 214 Å². The third-order valence-corrected chi connectivity index (χ3v) is 8.15. The van der Waals surface area contributed by atoms with E-state index in [1.165, 1.54) is 17.1 Å². The summed E-state index contributed by atoms with van der Waals surface area (Å²) in [6.45, 7) is 0.501. The number of sulfonamides is 1. The van der Waals surface area contributed by atoms with E-state index in [-0.39, 0.29) is 12.5 Å². The Kier molecular flexibility index (Phi) is 6.51. The fourth-order valence-corrected chi connectivity index (χ4v) is 5.54. The van der Waals surface area contributed by atoms with Gasteiger partial charge < -0.3 is 4.74 Å². The summed E-state index contributed by atoms with van der Waals surface area (Å²) in [5.74, 6) is 0.439. The van der Waals surface area contributed by atoms with Crippen LogP contribution in [0.25, 0.3) is 28.3 Å². The topological polar surface area (TPSA) is 112 Å². The van der Waals surface area contributed by atoms with Crippen molar-refractivity contribution in [3.05, 3.63) is 43.2 Å². The van der Waals surface area contributed by atoms with Crippen LogP contribution in [0, 0.1) is 0 Å². The minimum absolute atomic E-state index is 0.0444. The Morgan fingerprint density at radius 3 is 2.58 bits per heavy atom. The summed E-state index contributed by atoms with van der Waals surface area (Å²) >= 11 is 0. The van der Waals surface area contributed by atoms with Crippen LogP contribution in [0.4, 0.5) is 17.6 Å². The first-order chi connectivity index (χ1) is 18.0. The summed E-state index contributed by atoms with van der Waals surface area (Å²) in [5.41, 5.74) is -4.31. The van der Waals surface area contributed by atoms with Crippen LogP contribution in [0.5, 0.6) is 0 Å². The van der Waals surface area contributed by atoms with Gasteiger partial charge in [0, 0.05) is 63.0 Å². The van der Waals surface area contributed by atoms with Gasteiger partial charge in [-0.05, 0) is 6.92 Å². The molecule has 38 heavy (non-hydrogen) atoms. The van der Waals surface area contributed by atoms with Gasteiger partial charge in [0.25, 0.3) is 0 Å². The first kappa shape index (κ1) is 26.2. The van der Waals surface area contributed by atoms with E-state index in [0.29, 0.717) is 33.6 Å². The van der Waals surface area contributed by atoms with Crippen LogP contribution in [0.3, 0.4) is 0 Å². The molecule has 0 amide bonds. The van der Waals surface area contributed by atoms with Gasteiger partial charge >= 0.3 is 15.5 Å². The van der Waals surface area contributed by atoms with E-state index in [4.69, 9.17) is 9.72 Å².